The molecule has 0 radical (unpaired) electrons. The van der Waals surface area contributed by atoms with Gasteiger partial charge in [0.15, 0.2) is 16.7 Å². The minimum atomic E-state index is -0.0648. The Morgan fingerprint density at radius 3 is 2.71 bits per heavy atom. The van der Waals surface area contributed by atoms with Gasteiger partial charge in [-0.2, -0.15) is 0 Å². The highest BCUT2D eigenvalue weighted by molar-refractivity contribution is 7.95. The van der Waals surface area contributed by atoms with E-state index in [1.54, 1.807) is 0 Å². The summed E-state index contributed by atoms with van der Waals surface area (Å²) < 4.78 is 2.10. The van der Waals surface area contributed by atoms with Crippen LogP contribution in [0.15, 0.2) is 11.5 Å². The van der Waals surface area contributed by atoms with Gasteiger partial charge in [0.05, 0.1) is 6.54 Å². The third-order valence-corrected chi connectivity index (χ3v) is 2.30. The number of rotatable bonds is 0. The average molecular weight is 117 g/mol. The lowest BCUT2D eigenvalue weighted by atomic mass is 10.6. The molecular formula is C4H9N2S+. The van der Waals surface area contributed by atoms with E-state index in [0.29, 0.717) is 0 Å². The molecule has 1 atom stereocenters. The molecular weight excluding hydrogens is 108 g/mol. The van der Waals surface area contributed by atoms with Crippen molar-refractivity contribution in [3.63, 3.8) is 0 Å². The van der Waals surface area contributed by atoms with Crippen molar-refractivity contribution >= 4 is 11.3 Å². The normalized spacial score (nSPS) is 32.0. The van der Waals surface area contributed by atoms with Gasteiger partial charge in [-0.3, -0.25) is 0 Å². The van der Waals surface area contributed by atoms with E-state index in [1.165, 1.54) is 0 Å². The van der Waals surface area contributed by atoms with Crippen molar-refractivity contribution in [1.29, 1.82) is 0 Å². The van der Waals surface area contributed by atoms with Gasteiger partial charge in [-0.05, 0) is 6.08 Å². The number of nitrogens with two attached hydrogens (primary N) is 1. The second-order valence-corrected chi connectivity index (χ2v) is 3.12. The lowest BCUT2D eigenvalue weighted by Gasteiger charge is -1.98. The van der Waals surface area contributed by atoms with Gasteiger partial charge < -0.3 is 0 Å². The summed E-state index contributed by atoms with van der Waals surface area (Å²) in [6.07, 6.45) is 2.09. The molecule has 0 fully saturated rings. The summed E-state index contributed by atoms with van der Waals surface area (Å²) in [5.41, 5.74) is 0. The van der Waals surface area contributed by atoms with Gasteiger partial charge in [-0.15, -0.1) is 9.44 Å². The predicted molar refractivity (Wildman–Crippen MR) is 33.3 cm³/mol. The van der Waals surface area contributed by atoms with Gasteiger partial charge in [0.25, 0.3) is 0 Å². The van der Waals surface area contributed by atoms with Gasteiger partial charge in [0.1, 0.15) is 0 Å². The molecule has 1 heterocycles. The Morgan fingerprint density at radius 2 is 2.57 bits per heavy atom. The largest absolute Gasteiger partial charge is 0.194 e. The van der Waals surface area contributed by atoms with E-state index in [2.05, 4.69) is 10.4 Å². The highest BCUT2D eigenvalue weighted by Gasteiger charge is 2.20. The third kappa shape index (κ3) is 0.964. The molecule has 1 aliphatic heterocycles. The fourth-order valence-corrected chi connectivity index (χ4v) is 1.23. The number of hydrogen-bond donors (Lipinski definition) is 1. The molecule has 1 unspecified atom stereocenters. The van der Waals surface area contributed by atoms with Gasteiger partial charge in [-0.25, -0.2) is 0 Å². The molecule has 0 bridgehead atoms. The van der Waals surface area contributed by atoms with E-state index in [-0.39, 0.29) is 11.3 Å². The molecule has 2 nitrogen and oxygen atoms in total. The SMILES string of the molecule is CN1CC=C[S+]1N. The van der Waals surface area contributed by atoms with Gasteiger partial charge in [0.2, 0.25) is 0 Å². The standard InChI is InChI=1S/C4H8N2S/c1-6-3-2-4-7(6)5/h2,4-5H,3H2,1H3/p+1. The first kappa shape index (κ1) is 5.15. The van der Waals surface area contributed by atoms with Crippen LogP contribution in [-0.2, 0) is 11.3 Å². The number of likely N-dealkylation sites (N-methyl/N-ethyl adjacent to an activating group) is 1. The molecule has 0 saturated carbocycles. The predicted octanol–water partition coefficient (Wildman–Crippen LogP) is -0.147. The van der Waals surface area contributed by atoms with Crippen LogP contribution in [0.1, 0.15) is 0 Å². The molecule has 0 aromatic rings. The summed E-state index contributed by atoms with van der Waals surface area (Å²) in [6, 6.07) is 0. The molecule has 0 aliphatic carbocycles. The Kier molecular flexibility index (Phi) is 1.37. The molecule has 3 heteroatoms. The molecule has 0 spiro atoms. The first-order valence-electron chi connectivity index (χ1n) is 2.16. The summed E-state index contributed by atoms with van der Waals surface area (Å²) in [6.45, 7) is 1.01. The summed E-state index contributed by atoms with van der Waals surface area (Å²) in [7, 11) is 2.02. The Labute approximate surface area is 46.6 Å². The maximum atomic E-state index is 5.55. The summed E-state index contributed by atoms with van der Waals surface area (Å²) >= 11 is -0.0648. The summed E-state index contributed by atoms with van der Waals surface area (Å²) in [4.78, 5) is 0. The highest BCUT2D eigenvalue weighted by Crippen LogP contribution is 2.03. The van der Waals surface area contributed by atoms with Crippen LogP contribution in [0, 0.1) is 0 Å². The Morgan fingerprint density at radius 1 is 1.86 bits per heavy atom. The van der Waals surface area contributed by atoms with E-state index >= 15 is 0 Å². The number of nitrogens with zero attached hydrogens (tertiary/aromatic N) is 1. The zero-order valence-electron chi connectivity index (χ0n) is 4.29. The topological polar surface area (TPSA) is 29.3 Å². The summed E-state index contributed by atoms with van der Waals surface area (Å²) in [5.74, 6) is 0. The maximum absolute atomic E-state index is 5.55. The van der Waals surface area contributed by atoms with Crippen molar-refractivity contribution in [2.24, 2.45) is 5.14 Å². The molecule has 7 heavy (non-hydrogen) atoms. The Balaban J connectivity index is 2.45. The average Bonchev–Trinajstić information content (AvgIpc) is 1.91. The van der Waals surface area contributed by atoms with Gasteiger partial charge >= 0.3 is 0 Å². The van der Waals surface area contributed by atoms with Crippen LogP contribution < -0.4 is 5.14 Å². The zero-order chi connectivity index (χ0) is 5.28. The molecule has 0 saturated heterocycles. The second kappa shape index (κ2) is 1.86. The minimum Gasteiger partial charge on any atom is -0.128 e. The van der Waals surface area contributed by atoms with Crippen LogP contribution in [-0.4, -0.2) is 17.9 Å². The molecule has 1 rings (SSSR count). The van der Waals surface area contributed by atoms with E-state index < -0.39 is 0 Å². The quantitative estimate of drug-likeness (QED) is 0.447. The molecule has 2 N–H and O–H groups in total. The first-order chi connectivity index (χ1) is 3.30. The second-order valence-electron chi connectivity index (χ2n) is 1.53. The van der Waals surface area contributed by atoms with E-state index in [4.69, 9.17) is 5.14 Å². The molecule has 0 aromatic carbocycles. The lowest BCUT2D eigenvalue weighted by molar-refractivity contribution is 0.638. The minimum absolute atomic E-state index is 0.0648. The summed E-state index contributed by atoms with van der Waals surface area (Å²) in [5, 5.41) is 7.57. The zero-order valence-corrected chi connectivity index (χ0v) is 5.11. The van der Waals surface area contributed by atoms with E-state index in [9.17, 15) is 0 Å². The molecule has 40 valence electrons. The van der Waals surface area contributed by atoms with Crippen molar-refractivity contribution < 1.29 is 0 Å². The van der Waals surface area contributed by atoms with Gasteiger partial charge in [-0.1, -0.05) is 0 Å². The van der Waals surface area contributed by atoms with Crippen LogP contribution in [0.4, 0.5) is 0 Å². The third-order valence-electron chi connectivity index (χ3n) is 0.958. The lowest BCUT2D eigenvalue weighted by Crippen LogP contribution is -2.27. The van der Waals surface area contributed by atoms with Crippen LogP contribution in [0.5, 0.6) is 0 Å². The first-order valence-corrected chi connectivity index (χ1v) is 3.47. The molecule has 0 amide bonds. The smallest absolute Gasteiger partial charge is 0.128 e. The molecule has 1 aliphatic rings. The van der Waals surface area contributed by atoms with Crippen LogP contribution in [0.3, 0.4) is 0 Å². The number of hydrogen-bond acceptors (Lipinski definition) is 2. The van der Waals surface area contributed by atoms with Crippen molar-refractivity contribution in [2.45, 2.75) is 0 Å². The van der Waals surface area contributed by atoms with Crippen molar-refractivity contribution in [3.05, 3.63) is 11.5 Å². The highest BCUT2D eigenvalue weighted by atomic mass is 32.2. The maximum Gasteiger partial charge on any atom is 0.194 e. The fourth-order valence-electron chi connectivity index (χ4n) is 0.480. The molecule has 0 aromatic heterocycles. The Hall–Kier alpha value is 0.01000. The fraction of sp³-hybridized carbons (Fsp3) is 0.500. The van der Waals surface area contributed by atoms with Crippen LogP contribution in [0.2, 0.25) is 0 Å². The van der Waals surface area contributed by atoms with Crippen LogP contribution >= 0.6 is 0 Å². The van der Waals surface area contributed by atoms with Crippen molar-refractivity contribution in [1.82, 2.24) is 4.31 Å². The van der Waals surface area contributed by atoms with Crippen LogP contribution in [0.25, 0.3) is 0 Å². The Bertz CT molecular complexity index is 91.7. The van der Waals surface area contributed by atoms with Crippen molar-refractivity contribution in [3.8, 4) is 0 Å². The monoisotopic (exact) mass is 117 g/mol. The van der Waals surface area contributed by atoms with E-state index in [1.807, 2.05) is 12.5 Å². The van der Waals surface area contributed by atoms with Gasteiger partial charge in [0, 0.05) is 7.05 Å². The van der Waals surface area contributed by atoms with Crippen molar-refractivity contribution in [2.75, 3.05) is 13.6 Å². The van der Waals surface area contributed by atoms with E-state index in [0.717, 1.165) is 6.54 Å².